The standard InChI is InChI=1S/C13H13ClF3N3O/c14-11-8(13(15,16)17)1-2-9(18-11)12(21)19-10-6-20-4-3-7(10)5-20/h1-2,7,10H,3-6H2,(H,19,21)/t7-,10?/m0/s1. The molecule has 2 unspecified atom stereocenters. The van der Waals surface area contributed by atoms with E-state index in [2.05, 4.69) is 15.2 Å². The van der Waals surface area contributed by atoms with Crippen LogP contribution in [0.3, 0.4) is 0 Å². The number of amides is 1. The van der Waals surface area contributed by atoms with Gasteiger partial charge in [0.25, 0.3) is 5.91 Å². The fourth-order valence-electron chi connectivity index (χ4n) is 2.96. The fourth-order valence-corrected chi connectivity index (χ4v) is 3.22. The van der Waals surface area contributed by atoms with Crippen molar-refractivity contribution in [2.24, 2.45) is 5.92 Å². The van der Waals surface area contributed by atoms with Crippen molar-refractivity contribution in [1.82, 2.24) is 15.2 Å². The number of pyridine rings is 1. The lowest BCUT2D eigenvalue weighted by Gasteiger charge is -2.23. The molecule has 2 aliphatic rings. The van der Waals surface area contributed by atoms with Gasteiger partial charge in [-0.25, -0.2) is 4.98 Å². The molecule has 1 N–H and O–H groups in total. The van der Waals surface area contributed by atoms with Gasteiger partial charge in [0.1, 0.15) is 10.8 Å². The number of fused-ring (bicyclic) bond motifs is 2. The number of carbonyl (C=O) groups is 1. The highest BCUT2D eigenvalue weighted by Crippen LogP contribution is 2.33. The first kappa shape index (κ1) is 14.6. The summed E-state index contributed by atoms with van der Waals surface area (Å²) in [6.45, 7) is 2.79. The second-order valence-electron chi connectivity index (χ2n) is 5.42. The maximum absolute atomic E-state index is 12.6. The molecule has 3 atom stereocenters. The van der Waals surface area contributed by atoms with Crippen LogP contribution < -0.4 is 5.32 Å². The first-order chi connectivity index (χ1) is 9.84. The molecule has 0 spiro atoms. The maximum atomic E-state index is 12.6. The van der Waals surface area contributed by atoms with Crippen LogP contribution in [0.15, 0.2) is 12.1 Å². The Morgan fingerprint density at radius 2 is 2.14 bits per heavy atom. The Balaban J connectivity index is 1.72. The number of aromatic nitrogens is 1. The summed E-state index contributed by atoms with van der Waals surface area (Å²) in [5.41, 5.74) is -1.13. The van der Waals surface area contributed by atoms with Crippen LogP contribution in [0.1, 0.15) is 22.5 Å². The van der Waals surface area contributed by atoms with Crippen LogP contribution in [0.2, 0.25) is 5.15 Å². The molecule has 3 heterocycles. The molecule has 1 amide bonds. The summed E-state index contributed by atoms with van der Waals surface area (Å²) >= 11 is 5.52. The third-order valence-electron chi connectivity index (χ3n) is 4.04. The van der Waals surface area contributed by atoms with E-state index in [1.165, 1.54) is 0 Å². The molecular weight excluding hydrogens is 307 g/mol. The van der Waals surface area contributed by atoms with Crippen molar-refractivity contribution in [3.05, 3.63) is 28.5 Å². The van der Waals surface area contributed by atoms with E-state index in [1.54, 1.807) is 0 Å². The highest BCUT2D eigenvalue weighted by Gasteiger charge is 2.39. The zero-order chi connectivity index (χ0) is 15.2. The number of rotatable bonds is 2. The quantitative estimate of drug-likeness (QED) is 0.850. The van der Waals surface area contributed by atoms with Crippen LogP contribution >= 0.6 is 11.6 Å². The Morgan fingerprint density at radius 3 is 2.67 bits per heavy atom. The highest BCUT2D eigenvalue weighted by atomic mass is 35.5. The van der Waals surface area contributed by atoms with Gasteiger partial charge in [0.15, 0.2) is 0 Å². The van der Waals surface area contributed by atoms with E-state index >= 15 is 0 Å². The van der Waals surface area contributed by atoms with Crippen molar-refractivity contribution < 1.29 is 18.0 Å². The SMILES string of the molecule is O=C(NC1CN2CC[C@H]1C2)c1ccc(C(F)(F)F)c(Cl)n1. The van der Waals surface area contributed by atoms with Gasteiger partial charge in [-0.3, -0.25) is 4.79 Å². The first-order valence-corrected chi connectivity index (χ1v) is 6.99. The number of carbonyl (C=O) groups excluding carboxylic acids is 1. The molecular formula is C13H13ClF3N3O. The van der Waals surface area contributed by atoms with E-state index in [0.29, 0.717) is 5.92 Å². The van der Waals surface area contributed by atoms with E-state index in [-0.39, 0.29) is 11.7 Å². The summed E-state index contributed by atoms with van der Waals surface area (Å²) in [6.07, 6.45) is -3.54. The summed E-state index contributed by atoms with van der Waals surface area (Å²) < 4.78 is 37.7. The van der Waals surface area contributed by atoms with Gasteiger partial charge in [-0.1, -0.05) is 11.6 Å². The maximum Gasteiger partial charge on any atom is 0.419 e. The minimum absolute atomic E-state index is 0.0362. The summed E-state index contributed by atoms with van der Waals surface area (Å²) in [6, 6.07) is 1.88. The van der Waals surface area contributed by atoms with Gasteiger partial charge < -0.3 is 10.2 Å². The minimum Gasteiger partial charge on any atom is -0.346 e. The molecule has 2 saturated heterocycles. The Bertz CT molecular complexity index is 578. The third kappa shape index (κ3) is 2.85. The summed E-state index contributed by atoms with van der Waals surface area (Å²) in [4.78, 5) is 17.9. The monoisotopic (exact) mass is 319 g/mol. The third-order valence-corrected chi connectivity index (χ3v) is 4.32. The molecule has 2 bridgehead atoms. The van der Waals surface area contributed by atoms with E-state index in [0.717, 1.165) is 38.2 Å². The largest absolute Gasteiger partial charge is 0.419 e. The molecule has 2 aliphatic heterocycles. The zero-order valence-corrected chi connectivity index (χ0v) is 11.7. The van der Waals surface area contributed by atoms with Gasteiger partial charge in [0.05, 0.1) is 5.56 Å². The number of nitrogens with zero attached hydrogens (tertiary/aromatic N) is 2. The van der Waals surface area contributed by atoms with E-state index in [1.807, 2.05) is 0 Å². The van der Waals surface area contributed by atoms with Crippen molar-refractivity contribution in [3.63, 3.8) is 0 Å². The van der Waals surface area contributed by atoms with E-state index in [4.69, 9.17) is 11.6 Å². The van der Waals surface area contributed by atoms with Crippen molar-refractivity contribution >= 4 is 17.5 Å². The van der Waals surface area contributed by atoms with Crippen LogP contribution in [0, 0.1) is 5.92 Å². The van der Waals surface area contributed by atoms with Crippen LogP contribution in [0.5, 0.6) is 0 Å². The van der Waals surface area contributed by atoms with Crippen molar-refractivity contribution in [1.29, 1.82) is 0 Å². The molecule has 0 radical (unpaired) electrons. The van der Waals surface area contributed by atoms with Gasteiger partial charge in [0, 0.05) is 19.1 Å². The second-order valence-corrected chi connectivity index (χ2v) is 5.78. The zero-order valence-electron chi connectivity index (χ0n) is 11.0. The Morgan fingerprint density at radius 1 is 1.38 bits per heavy atom. The lowest BCUT2D eigenvalue weighted by atomic mass is 10.00. The Labute approximate surface area is 124 Å². The molecule has 21 heavy (non-hydrogen) atoms. The smallest absolute Gasteiger partial charge is 0.346 e. The lowest BCUT2D eigenvalue weighted by molar-refractivity contribution is -0.137. The van der Waals surface area contributed by atoms with Crippen LogP contribution in [0.25, 0.3) is 0 Å². The van der Waals surface area contributed by atoms with Gasteiger partial charge in [0.2, 0.25) is 0 Å². The number of piperidine rings is 1. The van der Waals surface area contributed by atoms with Gasteiger partial charge in [-0.05, 0) is 31.0 Å². The van der Waals surface area contributed by atoms with Crippen LogP contribution in [-0.2, 0) is 6.18 Å². The topological polar surface area (TPSA) is 45.2 Å². The van der Waals surface area contributed by atoms with Gasteiger partial charge in [-0.2, -0.15) is 13.2 Å². The minimum atomic E-state index is -4.57. The molecule has 1 aromatic rings. The Hall–Kier alpha value is -1.34. The highest BCUT2D eigenvalue weighted by molar-refractivity contribution is 6.30. The average Bonchev–Trinajstić information content (AvgIpc) is 2.99. The van der Waals surface area contributed by atoms with Crippen LogP contribution in [0.4, 0.5) is 13.2 Å². The summed E-state index contributed by atoms with van der Waals surface area (Å²) in [5.74, 6) is -0.0664. The van der Waals surface area contributed by atoms with Gasteiger partial charge >= 0.3 is 6.18 Å². The molecule has 0 aromatic carbocycles. The van der Waals surface area contributed by atoms with E-state index < -0.39 is 22.8 Å². The Kier molecular flexibility index (Phi) is 3.57. The first-order valence-electron chi connectivity index (χ1n) is 6.61. The number of hydrogen-bond donors (Lipinski definition) is 1. The second kappa shape index (κ2) is 5.14. The molecule has 2 fully saturated rings. The molecule has 0 saturated carbocycles. The number of halogens is 4. The van der Waals surface area contributed by atoms with Gasteiger partial charge in [-0.15, -0.1) is 0 Å². The number of nitrogens with one attached hydrogen (secondary N) is 1. The van der Waals surface area contributed by atoms with E-state index in [9.17, 15) is 18.0 Å². The predicted molar refractivity (Wildman–Crippen MR) is 70.1 cm³/mol. The van der Waals surface area contributed by atoms with Crippen molar-refractivity contribution in [3.8, 4) is 0 Å². The molecule has 4 nitrogen and oxygen atoms in total. The normalized spacial score (nSPS) is 27.9. The molecule has 3 rings (SSSR count). The fraction of sp³-hybridized carbons (Fsp3) is 0.538. The molecule has 1 aromatic heterocycles. The van der Waals surface area contributed by atoms with Crippen LogP contribution in [-0.4, -0.2) is 41.5 Å². The lowest BCUT2D eigenvalue weighted by Crippen LogP contribution is -2.43. The molecule has 0 aliphatic carbocycles. The number of alkyl halides is 3. The molecule has 8 heteroatoms. The molecule has 114 valence electrons. The van der Waals surface area contributed by atoms with Crippen molar-refractivity contribution in [2.45, 2.75) is 18.6 Å². The summed E-state index contributed by atoms with van der Waals surface area (Å²) in [5, 5.41) is 2.13. The number of hydrogen-bond acceptors (Lipinski definition) is 3. The van der Waals surface area contributed by atoms with Crippen molar-refractivity contribution in [2.75, 3.05) is 19.6 Å². The average molecular weight is 320 g/mol. The summed E-state index contributed by atoms with van der Waals surface area (Å²) in [7, 11) is 0. The predicted octanol–water partition coefficient (Wildman–Crippen LogP) is 2.19.